The molecular weight excluding hydrogens is 270 g/mol. The average molecular weight is 291 g/mol. The van der Waals surface area contributed by atoms with Gasteiger partial charge in [-0.2, -0.15) is 0 Å². The maximum atomic E-state index is 12.7. The van der Waals surface area contributed by atoms with E-state index >= 15 is 0 Å². The fourth-order valence-electron chi connectivity index (χ4n) is 3.21. The van der Waals surface area contributed by atoms with Gasteiger partial charge in [0.15, 0.2) is 0 Å². The monoisotopic (exact) mass is 291 g/mol. The van der Waals surface area contributed by atoms with E-state index < -0.39 is 5.54 Å². The Hall–Kier alpha value is -2.61. The number of amides is 1. The molecule has 1 aliphatic heterocycles. The number of carbonyl (C=O) groups excluding carboxylic acids is 1. The Morgan fingerprint density at radius 3 is 2.55 bits per heavy atom. The molecular formula is C20H21NO. The Morgan fingerprint density at radius 1 is 1.27 bits per heavy atom. The first kappa shape index (κ1) is 15.8. The van der Waals surface area contributed by atoms with E-state index in [1.54, 1.807) is 24.1 Å². The van der Waals surface area contributed by atoms with Gasteiger partial charge in [0.1, 0.15) is 5.54 Å². The van der Waals surface area contributed by atoms with Crippen molar-refractivity contribution < 1.29 is 4.79 Å². The van der Waals surface area contributed by atoms with Crippen molar-refractivity contribution in [2.24, 2.45) is 0 Å². The minimum Gasteiger partial charge on any atom is -0.324 e. The molecule has 0 fully saturated rings. The first-order chi connectivity index (χ1) is 10.5. The van der Waals surface area contributed by atoms with Crippen LogP contribution in [0.25, 0.3) is 0 Å². The van der Waals surface area contributed by atoms with Crippen molar-refractivity contribution in [3.05, 3.63) is 96.7 Å². The molecule has 0 N–H and O–H groups in total. The molecule has 2 heteroatoms. The van der Waals surface area contributed by atoms with Crippen LogP contribution in [0.2, 0.25) is 0 Å². The highest BCUT2D eigenvalue weighted by atomic mass is 16.2. The number of benzene rings is 1. The number of fused-ring (bicyclic) bond motifs is 1. The highest BCUT2D eigenvalue weighted by molar-refractivity contribution is 6.01. The molecule has 2 rings (SSSR count). The summed E-state index contributed by atoms with van der Waals surface area (Å²) < 4.78 is 0. The van der Waals surface area contributed by atoms with E-state index in [1.165, 1.54) is 0 Å². The lowest BCUT2D eigenvalue weighted by Gasteiger charge is -2.39. The Bertz CT molecular complexity index is 708. The third kappa shape index (κ3) is 2.00. The fraction of sp³-hybridized carbons (Fsp3) is 0.150. The lowest BCUT2D eigenvalue weighted by atomic mass is 9.76. The highest BCUT2D eigenvalue weighted by Gasteiger charge is 2.50. The summed E-state index contributed by atoms with van der Waals surface area (Å²) in [6.45, 7) is 13.9. The standard InChI is InChI=1S/C20H21NO/c1-6-11-15(4)20(16(8-3)12-7-2)18-14-10-9-13-17(18)19(22)21(20)5/h6-14H,2-4H2,1,5H3/b11-6-,16-12+. The number of carbonyl (C=O) groups is 1. The summed E-state index contributed by atoms with van der Waals surface area (Å²) in [4.78, 5) is 14.5. The molecule has 0 bridgehead atoms. The molecule has 1 aromatic rings. The predicted octanol–water partition coefficient (Wildman–Crippen LogP) is 4.40. The number of nitrogens with zero attached hydrogens (tertiary/aromatic N) is 1. The summed E-state index contributed by atoms with van der Waals surface area (Å²) in [6, 6.07) is 7.65. The van der Waals surface area contributed by atoms with E-state index in [0.29, 0.717) is 5.56 Å². The number of likely N-dealkylation sites (N-methyl/N-ethyl adjacent to an activating group) is 1. The summed E-state index contributed by atoms with van der Waals surface area (Å²) >= 11 is 0. The summed E-state index contributed by atoms with van der Waals surface area (Å²) in [6.07, 6.45) is 9.22. The van der Waals surface area contributed by atoms with Gasteiger partial charge in [0.2, 0.25) is 0 Å². The number of allylic oxidation sites excluding steroid dienone is 3. The van der Waals surface area contributed by atoms with Gasteiger partial charge >= 0.3 is 0 Å². The number of rotatable bonds is 5. The molecule has 2 nitrogen and oxygen atoms in total. The van der Waals surface area contributed by atoms with Gasteiger partial charge in [-0.1, -0.05) is 68.3 Å². The maximum absolute atomic E-state index is 12.7. The van der Waals surface area contributed by atoms with Crippen molar-refractivity contribution in [2.75, 3.05) is 7.05 Å². The molecule has 1 atom stereocenters. The minimum absolute atomic E-state index is 0.0157. The maximum Gasteiger partial charge on any atom is 0.255 e. The minimum atomic E-state index is -0.740. The van der Waals surface area contributed by atoms with Gasteiger partial charge in [0, 0.05) is 12.6 Å². The fourth-order valence-corrected chi connectivity index (χ4v) is 3.21. The van der Waals surface area contributed by atoms with E-state index in [0.717, 1.165) is 16.7 Å². The molecule has 0 saturated heterocycles. The molecule has 0 aromatic heterocycles. The summed E-state index contributed by atoms with van der Waals surface area (Å²) in [5, 5.41) is 0. The van der Waals surface area contributed by atoms with Gasteiger partial charge in [-0.25, -0.2) is 0 Å². The van der Waals surface area contributed by atoms with Gasteiger partial charge in [0.25, 0.3) is 5.91 Å². The molecule has 0 radical (unpaired) electrons. The molecule has 0 aliphatic carbocycles. The zero-order chi connectivity index (χ0) is 16.3. The van der Waals surface area contributed by atoms with E-state index in [-0.39, 0.29) is 5.91 Å². The van der Waals surface area contributed by atoms with Gasteiger partial charge in [-0.3, -0.25) is 4.79 Å². The Labute approximate surface area is 132 Å². The first-order valence-corrected chi connectivity index (χ1v) is 7.21. The van der Waals surface area contributed by atoms with Gasteiger partial charge in [0.05, 0.1) is 0 Å². The summed E-state index contributed by atoms with van der Waals surface area (Å²) in [5.74, 6) is -0.0157. The normalized spacial score (nSPS) is 21.1. The molecule has 1 amide bonds. The molecule has 0 spiro atoms. The third-order valence-electron chi connectivity index (χ3n) is 4.12. The average Bonchev–Trinajstić information content (AvgIpc) is 2.75. The second-order valence-corrected chi connectivity index (χ2v) is 5.21. The Balaban J connectivity index is 2.89. The van der Waals surface area contributed by atoms with Gasteiger partial charge in [-0.15, -0.1) is 0 Å². The molecule has 1 aromatic carbocycles. The highest BCUT2D eigenvalue weighted by Crippen LogP contribution is 2.48. The van der Waals surface area contributed by atoms with Crippen molar-refractivity contribution in [1.82, 2.24) is 4.90 Å². The zero-order valence-electron chi connectivity index (χ0n) is 13.2. The molecule has 1 aliphatic rings. The van der Waals surface area contributed by atoms with E-state index in [1.807, 2.05) is 49.4 Å². The largest absolute Gasteiger partial charge is 0.324 e. The summed E-state index contributed by atoms with van der Waals surface area (Å²) in [5.41, 5.74) is 2.59. The lowest BCUT2D eigenvalue weighted by molar-refractivity contribution is 0.0735. The molecule has 22 heavy (non-hydrogen) atoms. The molecule has 0 saturated carbocycles. The van der Waals surface area contributed by atoms with Crippen LogP contribution in [0.1, 0.15) is 22.8 Å². The number of hydrogen-bond donors (Lipinski definition) is 0. The molecule has 112 valence electrons. The van der Waals surface area contributed by atoms with E-state index in [2.05, 4.69) is 19.7 Å². The van der Waals surface area contributed by atoms with Crippen molar-refractivity contribution >= 4 is 5.91 Å². The van der Waals surface area contributed by atoms with E-state index in [4.69, 9.17) is 0 Å². The SMILES string of the molecule is C=C/C=C(\C=C)C1(C(=C)/C=C\C)c2ccccc2C(=O)N1C. The van der Waals surface area contributed by atoms with Crippen molar-refractivity contribution in [3.63, 3.8) is 0 Å². The van der Waals surface area contributed by atoms with Crippen LogP contribution in [0.5, 0.6) is 0 Å². The third-order valence-corrected chi connectivity index (χ3v) is 4.12. The second kappa shape index (κ2) is 6.02. The van der Waals surface area contributed by atoms with Gasteiger partial charge < -0.3 is 4.90 Å². The Morgan fingerprint density at radius 2 is 1.95 bits per heavy atom. The second-order valence-electron chi connectivity index (χ2n) is 5.21. The zero-order valence-corrected chi connectivity index (χ0v) is 13.2. The quantitative estimate of drug-likeness (QED) is 0.736. The van der Waals surface area contributed by atoms with Crippen LogP contribution in [0.3, 0.4) is 0 Å². The van der Waals surface area contributed by atoms with Crippen LogP contribution < -0.4 is 0 Å². The molecule has 1 heterocycles. The van der Waals surface area contributed by atoms with Gasteiger partial charge in [-0.05, 0) is 29.7 Å². The van der Waals surface area contributed by atoms with Crippen molar-refractivity contribution in [3.8, 4) is 0 Å². The van der Waals surface area contributed by atoms with Crippen LogP contribution in [0.15, 0.2) is 85.5 Å². The van der Waals surface area contributed by atoms with Crippen LogP contribution >= 0.6 is 0 Å². The van der Waals surface area contributed by atoms with Crippen molar-refractivity contribution in [1.29, 1.82) is 0 Å². The predicted molar refractivity (Wildman–Crippen MR) is 92.6 cm³/mol. The van der Waals surface area contributed by atoms with E-state index in [9.17, 15) is 4.79 Å². The number of hydrogen-bond acceptors (Lipinski definition) is 1. The first-order valence-electron chi connectivity index (χ1n) is 7.21. The van der Waals surface area contributed by atoms with Crippen molar-refractivity contribution in [2.45, 2.75) is 12.5 Å². The Kier molecular flexibility index (Phi) is 4.32. The lowest BCUT2D eigenvalue weighted by Crippen LogP contribution is -2.43. The van der Waals surface area contributed by atoms with Crippen LogP contribution in [0, 0.1) is 0 Å². The smallest absolute Gasteiger partial charge is 0.255 e. The molecule has 1 unspecified atom stereocenters. The summed E-state index contributed by atoms with van der Waals surface area (Å²) in [7, 11) is 1.80. The van der Waals surface area contributed by atoms with Crippen LogP contribution in [-0.2, 0) is 5.54 Å². The topological polar surface area (TPSA) is 20.3 Å². The van der Waals surface area contributed by atoms with Crippen LogP contribution in [-0.4, -0.2) is 17.9 Å². The van der Waals surface area contributed by atoms with Crippen LogP contribution in [0.4, 0.5) is 0 Å².